The van der Waals surface area contributed by atoms with Crippen LogP contribution in [0.25, 0.3) is 11.1 Å². The molecule has 0 aliphatic carbocycles. The molecule has 92 valence electrons. The van der Waals surface area contributed by atoms with Crippen LogP contribution < -0.4 is 0 Å². The molecule has 1 aromatic heterocycles. The summed E-state index contributed by atoms with van der Waals surface area (Å²) >= 11 is 0. The Morgan fingerprint density at radius 1 is 1.17 bits per heavy atom. The summed E-state index contributed by atoms with van der Waals surface area (Å²) in [6.45, 7) is 5.64. The predicted octanol–water partition coefficient (Wildman–Crippen LogP) is 2.77. The number of aromatic carboxylic acids is 1. The molecule has 0 unspecified atom stereocenters. The fraction of sp³-hybridized carbons (Fsp3) is 0.214. The number of carboxylic acid groups (broad SMARTS) is 1. The lowest BCUT2D eigenvalue weighted by atomic mass is 9.97. The molecule has 0 amide bonds. The van der Waals surface area contributed by atoms with Gasteiger partial charge in [-0.25, -0.2) is 14.8 Å². The zero-order chi connectivity index (χ0) is 13.3. The number of hydrogen-bond acceptors (Lipinski definition) is 3. The molecule has 0 atom stereocenters. The average Bonchev–Trinajstić information content (AvgIpc) is 2.33. The summed E-state index contributed by atoms with van der Waals surface area (Å²) in [7, 11) is 0. The molecule has 0 saturated heterocycles. The van der Waals surface area contributed by atoms with Crippen LogP contribution in [0.2, 0.25) is 0 Å². The maximum atomic E-state index is 11.3. The number of hydrogen-bond donors (Lipinski definition) is 1. The Labute approximate surface area is 105 Å². The van der Waals surface area contributed by atoms with Crippen LogP contribution in [-0.4, -0.2) is 21.0 Å². The smallest absolute Gasteiger partial charge is 0.355 e. The number of nitrogens with zero attached hydrogens (tertiary/aromatic N) is 2. The van der Waals surface area contributed by atoms with Crippen molar-refractivity contribution in [2.24, 2.45) is 0 Å². The fourth-order valence-corrected chi connectivity index (χ4v) is 1.87. The van der Waals surface area contributed by atoms with Gasteiger partial charge in [0.15, 0.2) is 5.69 Å². The molecule has 1 heterocycles. The second kappa shape index (κ2) is 4.56. The van der Waals surface area contributed by atoms with Crippen molar-refractivity contribution in [3.8, 4) is 11.1 Å². The van der Waals surface area contributed by atoms with Gasteiger partial charge in [0.1, 0.15) is 5.82 Å². The Morgan fingerprint density at radius 2 is 1.89 bits per heavy atom. The van der Waals surface area contributed by atoms with Gasteiger partial charge >= 0.3 is 5.97 Å². The van der Waals surface area contributed by atoms with E-state index in [0.29, 0.717) is 11.4 Å². The minimum Gasteiger partial charge on any atom is -0.476 e. The third kappa shape index (κ3) is 2.09. The second-order valence-electron chi connectivity index (χ2n) is 4.23. The molecule has 0 saturated carbocycles. The first-order valence-corrected chi connectivity index (χ1v) is 5.64. The summed E-state index contributed by atoms with van der Waals surface area (Å²) in [5.74, 6) is -0.571. The van der Waals surface area contributed by atoms with Gasteiger partial charge in [-0.15, -0.1) is 0 Å². The molecule has 0 aliphatic heterocycles. The number of carbonyl (C=O) groups is 1. The maximum Gasteiger partial charge on any atom is 0.355 e. The first-order chi connectivity index (χ1) is 8.50. The van der Waals surface area contributed by atoms with Crippen molar-refractivity contribution in [3.05, 3.63) is 47.0 Å². The first kappa shape index (κ1) is 12.2. The number of benzene rings is 1. The predicted molar refractivity (Wildman–Crippen MR) is 68.6 cm³/mol. The molecule has 18 heavy (non-hydrogen) atoms. The van der Waals surface area contributed by atoms with Gasteiger partial charge in [0.05, 0.1) is 0 Å². The van der Waals surface area contributed by atoms with Crippen molar-refractivity contribution in [2.45, 2.75) is 20.8 Å². The highest BCUT2D eigenvalue weighted by Gasteiger charge is 2.16. The Kier molecular flexibility index (Phi) is 3.10. The summed E-state index contributed by atoms with van der Waals surface area (Å²) in [4.78, 5) is 19.4. The van der Waals surface area contributed by atoms with Gasteiger partial charge in [-0.1, -0.05) is 18.2 Å². The molecular weight excluding hydrogens is 228 g/mol. The lowest BCUT2D eigenvalue weighted by Crippen LogP contribution is -2.06. The highest BCUT2D eigenvalue weighted by molar-refractivity contribution is 5.94. The normalized spacial score (nSPS) is 10.4. The molecule has 4 nitrogen and oxygen atoms in total. The van der Waals surface area contributed by atoms with E-state index in [2.05, 4.69) is 9.97 Å². The van der Waals surface area contributed by atoms with Crippen LogP contribution in [0.15, 0.2) is 24.4 Å². The van der Waals surface area contributed by atoms with Crippen LogP contribution in [0.3, 0.4) is 0 Å². The Hall–Kier alpha value is -2.23. The molecule has 2 rings (SSSR count). The molecular formula is C14H14N2O2. The summed E-state index contributed by atoms with van der Waals surface area (Å²) < 4.78 is 0. The number of aromatic nitrogens is 2. The summed E-state index contributed by atoms with van der Waals surface area (Å²) in [5.41, 5.74) is 3.65. The molecule has 2 aromatic rings. The summed E-state index contributed by atoms with van der Waals surface area (Å²) in [6, 6.07) is 5.79. The zero-order valence-corrected chi connectivity index (χ0v) is 10.6. The van der Waals surface area contributed by atoms with Crippen molar-refractivity contribution >= 4 is 5.97 Å². The van der Waals surface area contributed by atoms with E-state index < -0.39 is 5.97 Å². The minimum absolute atomic E-state index is 0.0520. The number of rotatable bonds is 2. The van der Waals surface area contributed by atoms with Crippen molar-refractivity contribution in [3.63, 3.8) is 0 Å². The lowest BCUT2D eigenvalue weighted by Gasteiger charge is -2.10. The van der Waals surface area contributed by atoms with Crippen LogP contribution in [0.5, 0.6) is 0 Å². The highest BCUT2D eigenvalue weighted by Crippen LogP contribution is 2.27. The van der Waals surface area contributed by atoms with Gasteiger partial charge in [-0.05, 0) is 37.5 Å². The van der Waals surface area contributed by atoms with Crippen molar-refractivity contribution in [1.82, 2.24) is 9.97 Å². The largest absolute Gasteiger partial charge is 0.476 e. The van der Waals surface area contributed by atoms with Crippen molar-refractivity contribution in [1.29, 1.82) is 0 Å². The van der Waals surface area contributed by atoms with Gasteiger partial charge in [-0.2, -0.15) is 0 Å². The Balaban J connectivity index is 2.71. The quantitative estimate of drug-likeness (QED) is 0.879. The molecule has 0 fully saturated rings. The van der Waals surface area contributed by atoms with Gasteiger partial charge < -0.3 is 5.11 Å². The van der Waals surface area contributed by atoms with E-state index in [-0.39, 0.29) is 5.69 Å². The Bertz CT molecular complexity index is 621. The van der Waals surface area contributed by atoms with Gasteiger partial charge in [0.25, 0.3) is 0 Å². The third-order valence-electron chi connectivity index (χ3n) is 3.01. The minimum atomic E-state index is -1.03. The highest BCUT2D eigenvalue weighted by atomic mass is 16.4. The third-order valence-corrected chi connectivity index (χ3v) is 3.01. The lowest BCUT2D eigenvalue weighted by molar-refractivity contribution is 0.0691. The van der Waals surface area contributed by atoms with Crippen LogP contribution in [0.4, 0.5) is 0 Å². The molecule has 0 aliphatic rings. The van der Waals surface area contributed by atoms with Gasteiger partial charge in [0, 0.05) is 11.8 Å². The van der Waals surface area contributed by atoms with Gasteiger partial charge in [0.2, 0.25) is 0 Å². The van der Waals surface area contributed by atoms with E-state index in [1.807, 2.05) is 32.0 Å². The maximum absolute atomic E-state index is 11.3. The Morgan fingerprint density at radius 3 is 2.56 bits per heavy atom. The van der Waals surface area contributed by atoms with E-state index in [1.165, 1.54) is 0 Å². The van der Waals surface area contributed by atoms with Crippen LogP contribution >= 0.6 is 0 Å². The summed E-state index contributed by atoms with van der Waals surface area (Å²) in [6.07, 6.45) is 1.58. The SMILES string of the molecule is Cc1ncc(-c2cccc(C)c2C)c(C(=O)O)n1. The fourth-order valence-electron chi connectivity index (χ4n) is 1.87. The molecule has 4 heteroatoms. The van der Waals surface area contributed by atoms with Crippen LogP contribution in [-0.2, 0) is 0 Å². The van der Waals surface area contributed by atoms with Crippen molar-refractivity contribution < 1.29 is 9.90 Å². The van der Waals surface area contributed by atoms with Crippen LogP contribution in [0, 0.1) is 20.8 Å². The number of carboxylic acids is 1. The van der Waals surface area contributed by atoms with Crippen molar-refractivity contribution in [2.75, 3.05) is 0 Å². The van der Waals surface area contributed by atoms with E-state index in [0.717, 1.165) is 16.7 Å². The average molecular weight is 242 g/mol. The van der Waals surface area contributed by atoms with E-state index in [1.54, 1.807) is 13.1 Å². The molecule has 0 bridgehead atoms. The zero-order valence-electron chi connectivity index (χ0n) is 10.6. The molecule has 1 N–H and O–H groups in total. The molecule has 0 spiro atoms. The van der Waals surface area contributed by atoms with E-state index in [4.69, 9.17) is 0 Å². The van der Waals surface area contributed by atoms with E-state index >= 15 is 0 Å². The second-order valence-corrected chi connectivity index (χ2v) is 4.23. The van der Waals surface area contributed by atoms with Gasteiger partial charge in [-0.3, -0.25) is 0 Å². The van der Waals surface area contributed by atoms with Crippen LogP contribution in [0.1, 0.15) is 27.4 Å². The van der Waals surface area contributed by atoms with E-state index in [9.17, 15) is 9.90 Å². The molecule has 0 radical (unpaired) electrons. The summed E-state index contributed by atoms with van der Waals surface area (Å²) in [5, 5.41) is 9.22. The first-order valence-electron chi connectivity index (χ1n) is 5.64. The number of aryl methyl sites for hydroxylation is 2. The molecule has 1 aromatic carbocycles. The monoisotopic (exact) mass is 242 g/mol. The standard InChI is InChI=1S/C14H14N2O2/c1-8-5-4-6-11(9(8)2)12-7-15-10(3)16-13(12)14(17)18/h4-7H,1-3H3,(H,17,18). The topological polar surface area (TPSA) is 63.1 Å².